The van der Waals surface area contributed by atoms with Gasteiger partial charge in [-0.2, -0.15) is 0 Å². The van der Waals surface area contributed by atoms with E-state index in [-0.39, 0.29) is 0 Å². The van der Waals surface area contributed by atoms with E-state index in [0.29, 0.717) is 6.61 Å². The maximum absolute atomic E-state index is 5.01. The zero-order valence-electron chi connectivity index (χ0n) is 9.26. The zero-order chi connectivity index (χ0) is 11.4. The molecule has 0 aliphatic rings. The van der Waals surface area contributed by atoms with Crippen LogP contribution < -0.4 is 5.90 Å². The van der Waals surface area contributed by atoms with Crippen molar-refractivity contribution >= 4 is 0 Å². The van der Waals surface area contributed by atoms with Crippen LogP contribution in [0.1, 0.15) is 17.0 Å². The van der Waals surface area contributed by atoms with Gasteiger partial charge in [0.1, 0.15) is 5.82 Å². The molecule has 4 heteroatoms. The molecule has 2 aromatic rings. The average Bonchev–Trinajstić information content (AvgIpc) is 2.68. The van der Waals surface area contributed by atoms with Crippen LogP contribution in [0.5, 0.6) is 0 Å². The first kappa shape index (κ1) is 10.9. The highest BCUT2D eigenvalue weighted by Crippen LogP contribution is 2.09. The molecule has 1 heterocycles. The molecule has 4 nitrogen and oxygen atoms in total. The Morgan fingerprint density at radius 2 is 1.94 bits per heavy atom. The monoisotopic (exact) mass is 217 g/mol. The molecule has 16 heavy (non-hydrogen) atoms. The Morgan fingerprint density at radius 3 is 2.50 bits per heavy atom. The summed E-state index contributed by atoms with van der Waals surface area (Å²) in [4.78, 5) is 8.86. The number of nitrogens with zero attached hydrogens (tertiary/aromatic N) is 2. The summed E-state index contributed by atoms with van der Waals surface area (Å²) in [6.45, 7) is 0.447. The summed E-state index contributed by atoms with van der Waals surface area (Å²) in [7, 11) is 2.00. The first-order valence-corrected chi connectivity index (χ1v) is 5.15. The number of imidazole rings is 1. The lowest BCUT2D eigenvalue weighted by molar-refractivity contribution is 0.124. The van der Waals surface area contributed by atoms with Crippen LogP contribution in [0.4, 0.5) is 0 Å². The number of aromatic nitrogens is 2. The Balaban J connectivity index is 2.08. The van der Waals surface area contributed by atoms with Crippen molar-refractivity contribution in [3.05, 3.63) is 53.6 Å². The SMILES string of the molecule is Cn1ccnc1Cc1ccc(CON)cc1. The summed E-state index contributed by atoms with van der Waals surface area (Å²) in [6.07, 6.45) is 4.60. The molecule has 0 saturated heterocycles. The summed E-state index contributed by atoms with van der Waals surface area (Å²) in [5.74, 6) is 6.07. The molecule has 0 amide bonds. The molecular weight excluding hydrogens is 202 g/mol. The van der Waals surface area contributed by atoms with E-state index in [1.807, 2.05) is 36.1 Å². The molecule has 1 aromatic heterocycles. The molecular formula is C12H15N3O. The van der Waals surface area contributed by atoms with Crippen molar-refractivity contribution in [2.75, 3.05) is 0 Å². The van der Waals surface area contributed by atoms with E-state index in [9.17, 15) is 0 Å². The molecule has 0 spiro atoms. The number of hydrogen-bond donors (Lipinski definition) is 1. The second-order valence-corrected chi connectivity index (χ2v) is 3.76. The predicted octanol–water partition coefficient (Wildman–Crippen LogP) is 1.40. The third kappa shape index (κ3) is 2.48. The van der Waals surface area contributed by atoms with Gasteiger partial charge in [-0.25, -0.2) is 10.9 Å². The average molecular weight is 217 g/mol. The van der Waals surface area contributed by atoms with Gasteiger partial charge in [-0.1, -0.05) is 24.3 Å². The van der Waals surface area contributed by atoms with Gasteiger partial charge in [0.2, 0.25) is 0 Å². The van der Waals surface area contributed by atoms with E-state index in [2.05, 4.69) is 22.0 Å². The molecule has 0 saturated carbocycles. The first-order valence-electron chi connectivity index (χ1n) is 5.15. The van der Waals surface area contributed by atoms with Crippen LogP contribution in [-0.4, -0.2) is 9.55 Å². The van der Waals surface area contributed by atoms with Gasteiger partial charge in [-0.3, -0.25) is 4.84 Å². The maximum atomic E-state index is 5.01. The smallest absolute Gasteiger partial charge is 0.112 e. The van der Waals surface area contributed by atoms with Crippen LogP contribution in [0.15, 0.2) is 36.7 Å². The fourth-order valence-electron chi connectivity index (χ4n) is 1.60. The van der Waals surface area contributed by atoms with Gasteiger partial charge in [0, 0.05) is 25.9 Å². The van der Waals surface area contributed by atoms with E-state index in [4.69, 9.17) is 5.90 Å². The van der Waals surface area contributed by atoms with E-state index >= 15 is 0 Å². The van der Waals surface area contributed by atoms with Crippen molar-refractivity contribution in [1.82, 2.24) is 9.55 Å². The first-order chi connectivity index (χ1) is 7.79. The number of nitrogens with two attached hydrogens (primary N) is 1. The highest BCUT2D eigenvalue weighted by atomic mass is 16.6. The Hall–Kier alpha value is -1.65. The van der Waals surface area contributed by atoms with E-state index in [1.54, 1.807) is 0 Å². The summed E-state index contributed by atoms with van der Waals surface area (Å²) in [5, 5.41) is 0. The largest absolute Gasteiger partial charge is 0.338 e. The molecule has 0 unspecified atom stereocenters. The standard InChI is InChI=1S/C12H15N3O/c1-15-7-6-14-12(15)8-10-2-4-11(5-3-10)9-16-13/h2-7H,8-9,13H2,1H3. The minimum absolute atomic E-state index is 0.447. The van der Waals surface area contributed by atoms with Gasteiger partial charge in [0.05, 0.1) is 6.61 Å². The van der Waals surface area contributed by atoms with Crippen molar-refractivity contribution in [2.24, 2.45) is 12.9 Å². The molecule has 0 atom stereocenters. The minimum Gasteiger partial charge on any atom is -0.338 e. The third-order valence-corrected chi connectivity index (χ3v) is 2.56. The molecule has 0 aliphatic carbocycles. The third-order valence-electron chi connectivity index (χ3n) is 2.56. The van der Waals surface area contributed by atoms with Gasteiger partial charge in [0.25, 0.3) is 0 Å². The van der Waals surface area contributed by atoms with E-state index < -0.39 is 0 Å². The summed E-state index contributed by atoms with van der Waals surface area (Å²) >= 11 is 0. The fourth-order valence-corrected chi connectivity index (χ4v) is 1.60. The fraction of sp³-hybridized carbons (Fsp3) is 0.250. The molecule has 84 valence electrons. The Bertz CT molecular complexity index is 448. The summed E-state index contributed by atoms with van der Waals surface area (Å²) < 4.78 is 2.02. The van der Waals surface area contributed by atoms with Crippen LogP contribution in [-0.2, 0) is 24.9 Å². The molecule has 1 aromatic carbocycles. The zero-order valence-corrected chi connectivity index (χ0v) is 9.26. The predicted molar refractivity (Wildman–Crippen MR) is 61.4 cm³/mol. The quantitative estimate of drug-likeness (QED) is 0.788. The van der Waals surface area contributed by atoms with Crippen LogP contribution in [0.25, 0.3) is 0 Å². The maximum Gasteiger partial charge on any atom is 0.112 e. The highest BCUT2D eigenvalue weighted by Gasteiger charge is 2.01. The number of rotatable bonds is 4. The van der Waals surface area contributed by atoms with Crippen molar-refractivity contribution in [3.8, 4) is 0 Å². The van der Waals surface area contributed by atoms with E-state index in [1.165, 1.54) is 5.56 Å². The van der Waals surface area contributed by atoms with Gasteiger partial charge in [-0.05, 0) is 11.1 Å². The Morgan fingerprint density at radius 1 is 1.25 bits per heavy atom. The second-order valence-electron chi connectivity index (χ2n) is 3.76. The molecule has 2 rings (SSSR count). The lowest BCUT2D eigenvalue weighted by atomic mass is 10.1. The van der Waals surface area contributed by atoms with Gasteiger partial charge >= 0.3 is 0 Å². The van der Waals surface area contributed by atoms with Crippen molar-refractivity contribution < 1.29 is 4.84 Å². The summed E-state index contributed by atoms with van der Waals surface area (Å²) in [5.41, 5.74) is 2.31. The number of benzene rings is 1. The van der Waals surface area contributed by atoms with Gasteiger partial charge < -0.3 is 4.57 Å². The van der Waals surface area contributed by atoms with Crippen LogP contribution in [0.3, 0.4) is 0 Å². The van der Waals surface area contributed by atoms with Crippen molar-refractivity contribution in [1.29, 1.82) is 0 Å². The molecule has 0 aliphatic heterocycles. The summed E-state index contributed by atoms with van der Waals surface area (Å²) in [6, 6.07) is 8.18. The molecule has 0 bridgehead atoms. The van der Waals surface area contributed by atoms with Crippen molar-refractivity contribution in [2.45, 2.75) is 13.0 Å². The van der Waals surface area contributed by atoms with Gasteiger partial charge in [-0.15, -0.1) is 0 Å². The van der Waals surface area contributed by atoms with Crippen LogP contribution in [0, 0.1) is 0 Å². The van der Waals surface area contributed by atoms with Crippen LogP contribution in [0.2, 0.25) is 0 Å². The van der Waals surface area contributed by atoms with Crippen LogP contribution >= 0.6 is 0 Å². The topological polar surface area (TPSA) is 53.1 Å². The molecule has 2 N–H and O–H groups in total. The lowest BCUT2D eigenvalue weighted by Crippen LogP contribution is -2.00. The number of hydrogen-bond acceptors (Lipinski definition) is 3. The molecule has 0 fully saturated rings. The lowest BCUT2D eigenvalue weighted by Gasteiger charge is -2.03. The highest BCUT2D eigenvalue weighted by molar-refractivity contribution is 5.24. The Labute approximate surface area is 94.6 Å². The second kappa shape index (κ2) is 4.92. The minimum atomic E-state index is 0.447. The van der Waals surface area contributed by atoms with Gasteiger partial charge in [0.15, 0.2) is 0 Å². The number of aryl methyl sites for hydroxylation is 1. The Kier molecular flexibility index (Phi) is 3.34. The van der Waals surface area contributed by atoms with Crippen molar-refractivity contribution in [3.63, 3.8) is 0 Å². The van der Waals surface area contributed by atoms with E-state index in [0.717, 1.165) is 17.8 Å². The molecule has 0 radical (unpaired) electrons. The normalized spacial score (nSPS) is 10.6.